The van der Waals surface area contributed by atoms with Gasteiger partial charge in [0.1, 0.15) is 16.6 Å². The molecule has 2 amide bonds. The number of rotatable bonds is 7. The van der Waals surface area contributed by atoms with E-state index in [9.17, 15) is 28.1 Å². The SMILES string of the molecule is O=C1[C@H]2[C@@H](ON(c3ccccc3)[C@H]2c2ccc(OS(=O)(=O)c3ccccc3)cc2)C(=O)N1c1ccc([N+](=O)[O-])cc1. The zero-order valence-electron chi connectivity index (χ0n) is 21.1. The second kappa shape index (κ2) is 10.2. The maximum Gasteiger partial charge on any atom is 0.339 e. The van der Waals surface area contributed by atoms with E-state index in [1.165, 1.54) is 53.6 Å². The van der Waals surface area contributed by atoms with Gasteiger partial charge >= 0.3 is 10.1 Å². The van der Waals surface area contributed by atoms with Crippen molar-refractivity contribution in [2.75, 3.05) is 9.96 Å². The number of hydroxylamine groups is 1. The Hall–Kier alpha value is -5.07. The van der Waals surface area contributed by atoms with Crippen LogP contribution in [0.4, 0.5) is 17.1 Å². The van der Waals surface area contributed by atoms with Crippen molar-refractivity contribution in [2.24, 2.45) is 5.92 Å². The lowest BCUT2D eigenvalue weighted by molar-refractivity contribution is -0.384. The number of para-hydroxylation sites is 1. The minimum Gasteiger partial charge on any atom is -0.379 e. The van der Waals surface area contributed by atoms with E-state index in [1.54, 1.807) is 54.6 Å². The van der Waals surface area contributed by atoms with Crippen molar-refractivity contribution in [1.82, 2.24) is 0 Å². The number of nitrogens with zero attached hydrogens (tertiary/aromatic N) is 3. The number of benzene rings is 4. The van der Waals surface area contributed by atoms with Gasteiger partial charge < -0.3 is 4.18 Å². The summed E-state index contributed by atoms with van der Waals surface area (Å²) in [5.74, 6) is -1.99. The van der Waals surface area contributed by atoms with E-state index in [-0.39, 0.29) is 22.0 Å². The molecule has 12 heteroatoms. The molecule has 0 spiro atoms. The molecule has 41 heavy (non-hydrogen) atoms. The summed E-state index contributed by atoms with van der Waals surface area (Å²) in [6, 6.07) is 27.3. The second-order valence-corrected chi connectivity index (χ2v) is 10.9. The molecular weight excluding hydrogens is 550 g/mol. The standard InChI is InChI=1S/C29H21N3O8S/c33-28-25-26(19-11-17-23(18-12-19)40-41(37,38)24-9-5-2-6-10-24)31(21-7-3-1-4-8-21)39-27(25)29(34)30(28)20-13-15-22(16-14-20)32(35)36/h1-18,25-27H/t25-,26+,27-/m1/s1. The maximum atomic E-state index is 13.7. The van der Waals surface area contributed by atoms with Gasteiger partial charge in [-0.25, -0.2) is 9.96 Å². The van der Waals surface area contributed by atoms with E-state index in [2.05, 4.69) is 0 Å². The van der Waals surface area contributed by atoms with Crippen LogP contribution in [0, 0.1) is 16.0 Å². The van der Waals surface area contributed by atoms with Gasteiger partial charge in [0.2, 0.25) is 5.91 Å². The van der Waals surface area contributed by atoms with Crippen LogP contribution in [0.5, 0.6) is 5.75 Å². The Morgan fingerprint density at radius 3 is 1.98 bits per heavy atom. The van der Waals surface area contributed by atoms with Crippen molar-refractivity contribution in [3.63, 3.8) is 0 Å². The number of imide groups is 1. The molecule has 2 aliphatic heterocycles. The van der Waals surface area contributed by atoms with Gasteiger partial charge in [-0.05, 0) is 54.1 Å². The third kappa shape index (κ3) is 4.68. The Labute approximate surface area is 234 Å². The van der Waals surface area contributed by atoms with Gasteiger partial charge in [-0.1, -0.05) is 48.5 Å². The Morgan fingerprint density at radius 1 is 0.756 bits per heavy atom. The van der Waals surface area contributed by atoms with E-state index < -0.39 is 44.9 Å². The normalized spacial score (nSPS) is 20.2. The monoisotopic (exact) mass is 571 g/mol. The van der Waals surface area contributed by atoms with Gasteiger partial charge in [0.25, 0.3) is 11.6 Å². The maximum absolute atomic E-state index is 13.7. The fourth-order valence-corrected chi connectivity index (χ4v) is 5.96. The molecule has 206 valence electrons. The third-order valence-corrected chi connectivity index (χ3v) is 8.17. The molecule has 2 heterocycles. The molecule has 0 bridgehead atoms. The number of fused-ring (bicyclic) bond motifs is 1. The first-order chi connectivity index (χ1) is 19.7. The predicted octanol–water partition coefficient (Wildman–Crippen LogP) is 4.41. The molecule has 0 saturated carbocycles. The molecule has 6 rings (SSSR count). The summed E-state index contributed by atoms with van der Waals surface area (Å²) in [6.45, 7) is 0. The highest BCUT2D eigenvalue weighted by molar-refractivity contribution is 7.87. The average molecular weight is 572 g/mol. The molecule has 4 aromatic rings. The van der Waals surface area contributed by atoms with Crippen LogP contribution in [0.3, 0.4) is 0 Å². The number of hydrogen-bond donors (Lipinski definition) is 0. The van der Waals surface area contributed by atoms with Gasteiger partial charge in [-0.3, -0.25) is 24.5 Å². The van der Waals surface area contributed by atoms with Crippen molar-refractivity contribution in [3.8, 4) is 5.75 Å². The molecule has 0 aliphatic carbocycles. The summed E-state index contributed by atoms with van der Waals surface area (Å²) in [5, 5.41) is 12.6. The van der Waals surface area contributed by atoms with E-state index >= 15 is 0 Å². The molecular formula is C29H21N3O8S. The summed E-state index contributed by atoms with van der Waals surface area (Å²) in [6.07, 6.45) is -1.14. The lowest BCUT2D eigenvalue weighted by Gasteiger charge is -2.28. The number of non-ortho nitro benzene ring substituents is 1. The first-order valence-corrected chi connectivity index (χ1v) is 13.9. The molecule has 2 aliphatic rings. The van der Waals surface area contributed by atoms with E-state index in [1.807, 2.05) is 6.07 Å². The molecule has 0 radical (unpaired) electrons. The number of carbonyl (C=O) groups is 2. The van der Waals surface area contributed by atoms with Crippen molar-refractivity contribution in [1.29, 1.82) is 0 Å². The van der Waals surface area contributed by atoms with Crippen molar-refractivity contribution in [2.45, 2.75) is 17.0 Å². The van der Waals surface area contributed by atoms with Crippen molar-refractivity contribution in [3.05, 3.63) is 125 Å². The van der Waals surface area contributed by atoms with Crippen LogP contribution >= 0.6 is 0 Å². The molecule has 3 atom stereocenters. The minimum absolute atomic E-state index is 0.00719. The summed E-state index contributed by atoms with van der Waals surface area (Å²) in [4.78, 5) is 44.8. The lowest BCUT2D eigenvalue weighted by atomic mass is 9.90. The summed E-state index contributed by atoms with van der Waals surface area (Å²) < 4.78 is 30.6. The van der Waals surface area contributed by atoms with Gasteiger partial charge in [0, 0.05) is 12.1 Å². The Morgan fingerprint density at radius 2 is 1.37 bits per heavy atom. The number of carbonyl (C=O) groups excluding carboxylic acids is 2. The Bertz CT molecular complexity index is 1730. The Balaban J connectivity index is 1.33. The first kappa shape index (κ1) is 26.2. The molecule has 4 aromatic carbocycles. The van der Waals surface area contributed by atoms with Crippen molar-refractivity contribution >= 4 is 39.0 Å². The molecule has 11 nitrogen and oxygen atoms in total. The first-order valence-electron chi connectivity index (χ1n) is 12.5. The number of amides is 2. The van der Waals surface area contributed by atoms with E-state index in [4.69, 9.17) is 9.02 Å². The fourth-order valence-electron chi connectivity index (χ4n) is 5.01. The lowest BCUT2D eigenvalue weighted by Crippen LogP contribution is -2.37. The van der Waals surface area contributed by atoms with Crippen molar-refractivity contribution < 1.29 is 32.0 Å². The summed E-state index contributed by atoms with van der Waals surface area (Å²) in [5.41, 5.74) is 1.22. The number of hydrogen-bond acceptors (Lipinski definition) is 9. The van der Waals surface area contributed by atoms with Gasteiger partial charge in [0.15, 0.2) is 6.10 Å². The van der Waals surface area contributed by atoms with Crippen LogP contribution in [-0.4, -0.2) is 31.3 Å². The third-order valence-electron chi connectivity index (χ3n) is 6.90. The topological polar surface area (TPSA) is 136 Å². The summed E-state index contributed by atoms with van der Waals surface area (Å²) in [7, 11) is -4.06. The van der Waals surface area contributed by atoms with Gasteiger partial charge in [-0.2, -0.15) is 8.42 Å². The largest absolute Gasteiger partial charge is 0.379 e. The molecule has 0 N–H and O–H groups in total. The Kier molecular flexibility index (Phi) is 6.48. The highest BCUT2D eigenvalue weighted by Crippen LogP contribution is 2.47. The molecule has 2 saturated heterocycles. The number of nitro benzene ring substituents is 1. The zero-order valence-corrected chi connectivity index (χ0v) is 22.0. The van der Waals surface area contributed by atoms with E-state index in [0.717, 1.165) is 4.90 Å². The zero-order chi connectivity index (χ0) is 28.7. The van der Waals surface area contributed by atoms with E-state index in [0.29, 0.717) is 11.3 Å². The fraction of sp³-hybridized carbons (Fsp3) is 0.103. The van der Waals surface area contributed by atoms with Gasteiger partial charge in [-0.15, -0.1) is 0 Å². The van der Waals surface area contributed by atoms with Crippen LogP contribution in [0.15, 0.2) is 114 Å². The molecule has 0 unspecified atom stereocenters. The van der Waals surface area contributed by atoms with Crippen LogP contribution in [-0.2, 0) is 24.5 Å². The molecule has 2 fully saturated rings. The summed E-state index contributed by atoms with van der Waals surface area (Å²) >= 11 is 0. The minimum atomic E-state index is -4.06. The quantitative estimate of drug-likeness (QED) is 0.137. The smallest absolute Gasteiger partial charge is 0.339 e. The second-order valence-electron chi connectivity index (χ2n) is 9.36. The predicted molar refractivity (Wildman–Crippen MR) is 146 cm³/mol. The van der Waals surface area contributed by atoms with Crippen LogP contribution < -0.4 is 14.1 Å². The molecule has 0 aromatic heterocycles. The highest BCUT2D eigenvalue weighted by Gasteiger charge is 2.60. The number of nitro groups is 1. The van der Waals surface area contributed by atoms with Crippen LogP contribution in [0.25, 0.3) is 0 Å². The van der Waals surface area contributed by atoms with Crippen LogP contribution in [0.1, 0.15) is 11.6 Å². The average Bonchev–Trinajstić information content (AvgIpc) is 3.49. The highest BCUT2D eigenvalue weighted by atomic mass is 32.2. The van der Waals surface area contributed by atoms with Crippen LogP contribution in [0.2, 0.25) is 0 Å². The number of anilines is 2. The van der Waals surface area contributed by atoms with Gasteiger partial charge in [0.05, 0.1) is 22.3 Å².